The van der Waals surface area contributed by atoms with E-state index in [-0.39, 0.29) is 30.0 Å². The monoisotopic (exact) mass is 411 g/mol. The van der Waals surface area contributed by atoms with Gasteiger partial charge in [0.1, 0.15) is 11.6 Å². The summed E-state index contributed by atoms with van der Waals surface area (Å²) < 4.78 is 19.5. The van der Waals surface area contributed by atoms with Gasteiger partial charge in [0.15, 0.2) is 0 Å². The van der Waals surface area contributed by atoms with Crippen LogP contribution in [0.15, 0.2) is 48.5 Å². The zero-order valence-electron chi connectivity index (χ0n) is 17.1. The molecule has 30 heavy (non-hydrogen) atoms. The van der Waals surface area contributed by atoms with Gasteiger partial charge in [-0.05, 0) is 43.3 Å². The number of rotatable bonds is 5. The van der Waals surface area contributed by atoms with E-state index in [2.05, 4.69) is 0 Å². The first-order valence-electron chi connectivity index (χ1n) is 10.4. The molecule has 0 aromatic heterocycles. The summed E-state index contributed by atoms with van der Waals surface area (Å²) in [6, 6.07) is 14.1. The summed E-state index contributed by atoms with van der Waals surface area (Å²) in [6.07, 6.45) is 0.222. The van der Waals surface area contributed by atoms with Crippen molar-refractivity contribution in [1.29, 1.82) is 0 Å². The summed E-state index contributed by atoms with van der Waals surface area (Å²) in [7, 11) is 0. The number of para-hydroxylation sites is 1. The quantitative estimate of drug-likeness (QED) is 0.759. The van der Waals surface area contributed by atoms with Crippen LogP contribution in [0.5, 0.6) is 5.75 Å². The minimum Gasteiger partial charge on any atom is -0.494 e. The fourth-order valence-electron chi connectivity index (χ4n) is 4.15. The minimum absolute atomic E-state index is 0.00460. The Kier molecular flexibility index (Phi) is 5.88. The lowest BCUT2D eigenvalue weighted by Gasteiger charge is -2.37. The SMILES string of the molecule is CCOc1ccc(N2C[C@@H](C(=O)N3CCN(c4ccccc4F)CC3)CC2=O)cc1. The van der Waals surface area contributed by atoms with Crippen LogP contribution in [-0.4, -0.2) is 56.0 Å². The lowest BCUT2D eigenvalue weighted by atomic mass is 10.1. The molecule has 0 aliphatic carbocycles. The van der Waals surface area contributed by atoms with Crippen molar-refractivity contribution in [3.63, 3.8) is 0 Å². The van der Waals surface area contributed by atoms with Crippen LogP contribution in [0.1, 0.15) is 13.3 Å². The first-order valence-corrected chi connectivity index (χ1v) is 10.4. The summed E-state index contributed by atoms with van der Waals surface area (Å²) >= 11 is 0. The van der Waals surface area contributed by atoms with E-state index < -0.39 is 0 Å². The molecule has 2 heterocycles. The molecule has 158 valence electrons. The predicted octanol–water partition coefficient (Wildman–Crippen LogP) is 2.93. The highest BCUT2D eigenvalue weighted by Gasteiger charge is 2.38. The first kappa shape index (κ1) is 20.2. The average Bonchev–Trinajstić information content (AvgIpc) is 3.16. The van der Waals surface area contributed by atoms with Gasteiger partial charge in [-0.2, -0.15) is 0 Å². The molecule has 0 saturated carbocycles. The summed E-state index contributed by atoms with van der Waals surface area (Å²) in [5, 5.41) is 0. The summed E-state index contributed by atoms with van der Waals surface area (Å²) in [6.45, 7) is 5.11. The summed E-state index contributed by atoms with van der Waals surface area (Å²) in [5.41, 5.74) is 1.35. The molecule has 4 rings (SSSR count). The van der Waals surface area contributed by atoms with E-state index in [0.29, 0.717) is 45.0 Å². The fraction of sp³-hybridized carbons (Fsp3) is 0.391. The number of benzene rings is 2. The van der Waals surface area contributed by atoms with Crippen LogP contribution in [0.25, 0.3) is 0 Å². The number of ether oxygens (including phenoxy) is 1. The Balaban J connectivity index is 1.35. The van der Waals surface area contributed by atoms with Gasteiger partial charge in [-0.15, -0.1) is 0 Å². The highest BCUT2D eigenvalue weighted by atomic mass is 19.1. The van der Waals surface area contributed by atoms with E-state index in [1.807, 2.05) is 42.2 Å². The van der Waals surface area contributed by atoms with Crippen molar-refractivity contribution in [2.75, 3.05) is 49.1 Å². The van der Waals surface area contributed by atoms with Crippen LogP contribution in [0, 0.1) is 11.7 Å². The molecule has 0 N–H and O–H groups in total. The van der Waals surface area contributed by atoms with Gasteiger partial charge in [0, 0.05) is 44.8 Å². The Morgan fingerprint density at radius 3 is 2.43 bits per heavy atom. The lowest BCUT2D eigenvalue weighted by molar-refractivity contribution is -0.136. The Labute approximate surface area is 175 Å². The van der Waals surface area contributed by atoms with E-state index in [1.54, 1.807) is 21.9 Å². The Morgan fingerprint density at radius 2 is 1.77 bits per heavy atom. The number of halogens is 1. The molecule has 2 aromatic rings. The number of carbonyl (C=O) groups is 2. The Bertz CT molecular complexity index is 910. The smallest absolute Gasteiger partial charge is 0.228 e. The van der Waals surface area contributed by atoms with Crippen molar-refractivity contribution in [2.45, 2.75) is 13.3 Å². The molecule has 0 unspecified atom stereocenters. The highest BCUT2D eigenvalue weighted by Crippen LogP contribution is 2.28. The number of carbonyl (C=O) groups excluding carboxylic acids is 2. The number of hydrogen-bond acceptors (Lipinski definition) is 4. The van der Waals surface area contributed by atoms with Crippen molar-refractivity contribution >= 4 is 23.2 Å². The van der Waals surface area contributed by atoms with Gasteiger partial charge in [0.05, 0.1) is 18.2 Å². The van der Waals surface area contributed by atoms with Crippen LogP contribution >= 0.6 is 0 Å². The lowest BCUT2D eigenvalue weighted by Crippen LogP contribution is -2.51. The number of anilines is 2. The van der Waals surface area contributed by atoms with Crippen molar-refractivity contribution in [1.82, 2.24) is 4.90 Å². The fourth-order valence-corrected chi connectivity index (χ4v) is 4.15. The summed E-state index contributed by atoms with van der Waals surface area (Å²) in [4.78, 5) is 31.0. The number of nitrogens with zero attached hydrogens (tertiary/aromatic N) is 3. The van der Waals surface area contributed by atoms with Crippen LogP contribution in [0.2, 0.25) is 0 Å². The molecule has 0 radical (unpaired) electrons. The molecule has 6 nitrogen and oxygen atoms in total. The first-order chi connectivity index (χ1) is 14.6. The maximum Gasteiger partial charge on any atom is 0.228 e. The molecular weight excluding hydrogens is 385 g/mol. The molecule has 0 bridgehead atoms. The van der Waals surface area contributed by atoms with Gasteiger partial charge in [0.25, 0.3) is 0 Å². The molecule has 2 aliphatic heterocycles. The molecule has 1 atom stereocenters. The van der Waals surface area contributed by atoms with Crippen molar-refractivity contribution in [2.24, 2.45) is 5.92 Å². The zero-order valence-corrected chi connectivity index (χ0v) is 17.1. The van der Waals surface area contributed by atoms with E-state index in [9.17, 15) is 14.0 Å². The van der Waals surface area contributed by atoms with Gasteiger partial charge in [-0.25, -0.2) is 4.39 Å². The van der Waals surface area contributed by atoms with Crippen molar-refractivity contribution in [3.8, 4) is 5.75 Å². The molecule has 7 heteroatoms. The molecule has 2 amide bonds. The third-order valence-corrected chi connectivity index (χ3v) is 5.72. The Hall–Kier alpha value is -3.09. The normalized spacial score (nSPS) is 19.3. The van der Waals surface area contributed by atoms with E-state index in [1.165, 1.54) is 6.07 Å². The van der Waals surface area contributed by atoms with Crippen molar-refractivity contribution in [3.05, 3.63) is 54.3 Å². The van der Waals surface area contributed by atoms with Gasteiger partial charge in [-0.3, -0.25) is 9.59 Å². The van der Waals surface area contributed by atoms with Crippen LogP contribution in [0.3, 0.4) is 0 Å². The second-order valence-electron chi connectivity index (χ2n) is 7.60. The third-order valence-electron chi connectivity index (χ3n) is 5.72. The molecule has 0 spiro atoms. The summed E-state index contributed by atoms with van der Waals surface area (Å²) in [5.74, 6) is 0.134. The maximum absolute atomic E-state index is 14.0. The van der Waals surface area contributed by atoms with E-state index >= 15 is 0 Å². The number of hydrogen-bond donors (Lipinski definition) is 0. The number of piperazine rings is 1. The second kappa shape index (κ2) is 8.73. The van der Waals surface area contributed by atoms with E-state index in [4.69, 9.17) is 4.74 Å². The maximum atomic E-state index is 14.0. The number of amides is 2. The molecule has 2 fully saturated rings. The van der Waals surface area contributed by atoms with Gasteiger partial charge >= 0.3 is 0 Å². The van der Waals surface area contributed by atoms with Gasteiger partial charge in [-0.1, -0.05) is 12.1 Å². The largest absolute Gasteiger partial charge is 0.494 e. The molecule has 2 aromatic carbocycles. The van der Waals surface area contributed by atoms with Crippen molar-refractivity contribution < 1.29 is 18.7 Å². The third kappa shape index (κ3) is 4.10. The topological polar surface area (TPSA) is 53.1 Å². The van der Waals surface area contributed by atoms with Crippen LogP contribution in [-0.2, 0) is 9.59 Å². The van der Waals surface area contributed by atoms with Gasteiger partial charge < -0.3 is 19.4 Å². The van der Waals surface area contributed by atoms with Gasteiger partial charge in [0.2, 0.25) is 11.8 Å². The molecular formula is C23H26FN3O3. The minimum atomic E-state index is -0.343. The van der Waals surface area contributed by atoms with Crippen LogP contribution in [0.4, 0.5) is 15.8 Å². The van der Waals surface area contributed by atoms with Crippen LogP contribution < -0.4 is 14.5 Å². The average molecular weight is 411 g/mol. The predicted molar refractivity (Wildman–Crippen MR) is 113 cm³/mol. The highest BCUT2D eigenvalue weighted by molar-refractivity contribution is 6.00. The van der Waals surface area contributed by atoms with E-state index in [0.717, 1.165) is 11.4 Å². The molecule has 2 aliphatic rings. The zero-order chi connectivity index (χ0) is 21.1. The molecule has 2 saturated heterocycles. The standard InChI is InChI=1S/C23H26FN3O3/c1-2-30-19-9-7-18(8-10-19)27-16-17(15-22(27)28)23(29)26-13-11-25(12-14-26)21-6-4-3-5-20(21)24/h3-10,17H,2,11-16H2,1H3/t17-/m0/s1. The second-order valence-corrected chi connectivity index (χ2v) is 7.60. The Morgan fingerprint density at radius 1 is 1.07 bits per heavy atom.